The van der Waals surface area contributed by atoms with E-state index in [0.29, 0.717) is 18.5 Å². The molecule has 1 amide bonds. The van der Waals surface area contributed by atoms with E-state index in [1.807, 2.05) is 0 Å². The number of carbonyl (C=O) groups excluding carboxylic acids is 1. The molecule has 6 nitrogen and oxygen atoms in total. The lowest BCUT2D eigenvalue weighted by Gasteiger charge is -2.28. The van der Waals surface area contributed by atoms with Crippen LogP contribution < -0.4 is 5.48 Å². The number of carbonyl (C=O) groups is 1. The van der Waals surface area contributed by atoms with Crippen molar-refractivity contribution in [2.75, 3.05) is 6.54 Å². The van der Waals surface area contributed by atoms with E-state index < -0.39 is 15.9 Å². The molecule has 0 bridgehead atoms. The summed E-state index contributed by atoms with van der Waals surface area (Å²) in [5.41, 5.74) is 3.74. The van der Waals surface area contributed by atoms with Crippen molar-refractivity contribution in [1.82, 2.24) is 9.79 Å². The minimum Gasteiger partial charge on any atom is -0.288 e. The van der Waals surface area contributed by atoms with Crippen LogP contribution in [0.2, 0.25) is 0 Å². The van der Waals surface area contributed by atoms with Crippen molar-refractivity contribution in [2.45, 2.75) is 17.9 Å². The molecule has 0 atom stereocenters. The summed E-state index contributed by atoms with van der Waals surface area (Å²) in [7, 11) is -3.52. The predicted molar refractivity (Wildman–Crippen MR) is 83.4 cm³/mol. The first-order chi connectivity index (χ1) is 11.0. The summed E-state index contributed by atoms with van der Waals surface area (Å²) in [6, 6.07) is 13.3. The molecule has 0 fully saturated rings. The molecule has 1 aliphatic heterocycles. The van der Waals surface area contributed by atoms with Crippen molar-refractivity contribution in [3.8, 4) is 0 Å². The van der Waals surface area contributed by atoms with E-state index >= 15 is 0 Å². The van der Waals surface area contributed by atoms with Gasteiger partial charge in [0, 0.05) is 18.7 Å². The topological polar surface area (TPSA) is 86.7 Å². The molecule has 2 aromatic rings. The second-order valence-corrected chi connectivity index (χ2v) is 7.26. The summed E-state index contributed by atoms with van der Waals surface area (Å²) >= 11 is 0. The number of rotatable bonds is 3. The van der Waals surface area contributed by atoms with Crippen LogP contribution >= 0.6 is 0 Å². The second kappa shape index (κ2) is 6.11. The third-order valence-corrected chi connectivity index (χ3v) is 5.79. The Balaban J connectivity index is 1.88. The Morgan fingerprint density at radius 1 is 1.09 bits per heavy atom. The maximum absolute atomic E-state index is 12.6. The molecule has 120 valence electrons. The van der Waals surface area contributed by atoms with Gasteiger partial charge >= 0.3 is 0 Å². The largest absolute Gasteiger partial charge is 0.288 e. The van der Waals surface area contributed by atoms with Gasteiger partial charge in [0.15, 0.2) is 0 Å². The third-order valence-electron chi connectivity index (χ3n) is 3.93. The summed E-state index contributed by atoms with van der Waals surface area (Å²) < 4.78 is 26.7. The van der Waals surface area contributed by atoms with Crippen molar-refractivity contribution >= 4 is 15.9 Å². The van der Waals surface area contributed by atoms with Crippen molar-refractivity contribution in [1.29, 1.82) is 0 Å². The summed E-state index contributed by atoms with van der Waals surface area (Å²) in [5, 5.41) is 8.68. The molecule has 3 rings (SSSR count). The van der Waals surface area contributed by atoms with E-state index in [9.17, 15) is 13.2 Å². The smallest absolute Gasteiger partial charge is 0.274 e. The van der Waals surface area contributed by atoms with E-state index in [-0.39, 0.29) is 11.4 Å². The molecule has 7 heteroatoms. The van der Waals surface area contributed by atoms with Gasteiger partial charge in [-0.3, -0.25) is 10.0 Å². The molecule has 0 radical (unpaired) electrons. The lowest BCUT2D eigenvalue weighted by Crippen LogP contribution is -2.36. The molecular formula is C16H16N2O4S. The SMILES string of the molecule is O=C(NO)c1ccc2c(c1)CCN(S(=O)(=O)c1ccccc1)C2. The first kappa shape index (κ1) is 15.7. The number of benzene rings is 2. The van der Waals surface area contributed by atoms with E-state index in [1.54, 1.807) is 54.0 Å². The molecule has 0 unspecified atom stereocenters. The molecule has 1 aliphatic rings. The van der Waals surface area contributed by atoms with Gasteiger partial charge in [-0.1, -0.05) is 24.3 Å². The van der Waals surface area contributed by atoms with Crippen LogP contribution in [-0.4, -0.2) is 30.4 Å². The number of nitrogens with one attached hydrogen (secondary N) is 1. The Kier molecular flexibility index (Phi) is 4.16. The fraction of sp³-hybridized carbons (Fsp3) is 0.188. The zero-order valence-electron chi connectivity index (χ0n) is 12.3. The average Bonchev–Trinajstić information content (AvgIpc) is 2.60. The fourth-order valence-corrected chi connectivity index (χ4v) is 4.12. The summed E-state index contributed by atoms with van der Waals surface area (Å²) in [5.74, 6) is -0.577. The van der Waals surface area contributed by atoms with Crippen LogP contribution in [0.5, 0.6) is 0 Å². The number of hydrogen-bond acceptors (Lipinski definition) is 4. The van der Waals surface area contributed by atoms with Crippen LogP contribution in [0.4, 0.5) is 0 Å². The van der Waals surface area contributed by atoms with Gasteiger partial charge in [-0.2, -0.15) is 4.31 Å². The maximum atomic E-state index is 12.6. The van der Waals surface area contributed by atoms with Gasteiger partial charge in [0.05, 0.1) is 4.90 Å². The highest BCUT2D eigenvalue weighted by atomic mass is 32.2. The quantitative estimate of drug-likeness (QED) is 0.659. The zero-order valence-corrected chi connectivity index (χ0v) is 13.1. The van der Waals surface area contributed by atoms with Crippen LogP contribution in [0.15, 0.2) is 53.4 Å². The molecule has 0 aromatic heterocycles. The first-order valence-corrected chi connectivity index (χ1v) is 8.58. The van der Waals surface area contributed by atoms with Crippen LogP contribution in [0.3, 0.4) is 0 Å². The van der Waals surface area contributed by atoms with E-state index in [4.69, 9.17) is 5.21 Å². The maximum Gasteiger partial charge on any atom is 0.274 e. The van der Waals surface area contributed by atoms with Gasteiger partial charge in [0.1, 0.15) is 0 Å². The van der Waals surface area contributed by atoms with Crippen molar-refractivity contribution in [3.05, 3.63) is 65.2 Å². The Morgan fingerprint density at radius 2 is 1.83 bits per heavy atom. The molecule has 1 heterocycles. The molecule has 0 saturated carbocycles. The van der Waals surface area contributed by atoms with Crippen molar-refractivity contribution < 1.29 is 18.4 Å². The Hall–Kier alpha value is -2.22. The van der Waals surface area contributed by atoms with Crippen LogP contribution in [-0.2, 0) is 23.0 Å². The summed E-state index contributed by atoms with van der Waals surface area (Å²) in [4.78, 5) is 11.7. The van der Waals surface area contributed by atoms with E-state index in [2.05, 4.69) is 0 Å². The van der Waals surface area contributed by atoms with Gasteiger partial charge in [0.2, 0.25) is 10.0 Å². The number of hydrogen-bond donors (Lipinski definition) is 2. The second-order valence-electron chi connectivity index (χ2n) is 5.33. The monoisotopic (exact) mass is 332 g/mol. The number of sulfonamides is 1. The summed E-state index contributed by atoms with van der Waals surface area (Å²) in [6.07, 6.45) is 0.522. The van der Waals surface area contributed by atoms with Crippen LogP contribution in [0.1, 0.15) is 21.5 Å². The van der Waals surface area contributed by atoms with Gasteiger partial charge in [-0.25, -0.2) is 13.9 Å². The van der Waals surface area contributed by atoms with E-state index in [0.717, 1.165) is 11.1 Å². The van der Waals surface area contributed by atoms with Gasteiger partial charge in [-0.15, -0.1) is 0 Å². The Bertz CT molecular complexity index is 834. The highest BCUT2D eigenvalue weighted by Crippen LogP contribution is 2.25. The lowest BCUT2D eigenvalue weighted by atomic mass is 9.98. The minimum atomic E-state index is -3.52. The molecule has 2 N–H and O–H groups in total. The van der Waals surface area contributed by atoms with Gasteiger partial charge in [-0.05, 0) is 41.8 Å². The lowest BCUT2D eigenvalue weighted by molar-refractivity contribution is 0.0706. The number of nitrogens with zero attached hydrogens (tertiary/aromatic N) is 1. The zero-order chi connectivity index (χ0) is 16.4. The van der Waals surface area contributed by atoms with Crippen LogP contribution in [0.25, 0.3) is 0 Å². The number of fused-ring (bicyclic) bond motifs is 1. The van der Waals surface area contributed by atoms with Crippen LogP contribution in [0, 0.1) is 0 Å². The van der Waals surface area contributed by atoms with Crippen molar-refractivity contribution in [2.24, 2.45) is 0 Å². The third kappa shape index (κ3) is 2.98. The standard InChI is InChI=1S/C16H16N2O4S/c19-16(17-20)13-6-7-14-11-18(9-8-12(14)10-13)23(21,22)15-4-2-1-3-5-15/h1-7,10,20H,8-9,11H2,(H,17,19). The van der Waals surface area contributed by atoms with Gasteiger partial charge < -0.3 is 0 Å². The fourth-order valence-electron chi connectivity index (χ4n) is 2.68. The predicted octanol–water partition coefficient (Wildman–Crippen LogP) is 1.55. The van der Waals surface area contributed by atoms with Crippen molar-refractivity contribution in [3.63, 3.8) is 0 Å². The Morgan fingerprint density at radius 3 is 2.52 bits per heavy atom. The average molecular weight is 332 g/mol. The molecule has 23 heavy (non-hydrogen) atoms. The first-order valence-electron chi connectivity index (χ1n) is 7.14. The molecule has 0 spiro atoms. The number of hydroxylamine groups is 1. The molecule has 0 aliphatic carbocycles. The normalized spacial score (nSPS) is 15.0. The number of amides is 1. The van der Waals surface area contributed by atoms with E-state index in [1.165, 1.54) is 4.31 Å². The minimum absolute atomic E-state index is 0.271. The highest BCUT2D eigenvalue weighted by molar-refractivity contribution is 7.89. The molecule has 0 saturated heterocycles. The Labute approximate surface area is 134 Å². The molecular weight excluding hydrogens is 316 g/mol. The van der Waals surface area contributed by atoms with Gasteiger partial charge in [0.25, 0.3) is 5.91 Å². The molecule has 2 aromatic carbocycles. The summed E-state index contributed by atoms with van der Waals surface area (Å²) in [6.45, 7) is 0.627. The highest BCUT2D eigenvalue weighted by Gasteiger charge is 2.28.